The molecule has 1 fully saturated rings. The maximum atomic E-state index is 11.4. The van der Waals surface area contributed by atoms with E-state index in [1.54, 1.807) is 0 Å². The molecule has 1 N–H and O–H groups in total. The van der Waals surface area contributed by atoms with Crippen LogP contribution in [0.2, 0.25) is 0 Å². The van der Waals surface area contributed by atoms with Gasteiger partial charge in [0.2, 0.25) is 0 Å². The Balaban J connectivity index is 2.41. The van der Waals surface area contributed by atoms with Gasteiger partial charge in [-0.3, -0.25) is 4.90 Å². The van der Waals surface area contributed by atoms with Crippen molar-refractivity contribution in [2.45, 2.75) is 52.5 Å². The molecule has 0 aliphatic carbocycles. The van der Waals surface area contributed by atoms with E-state index in [1.807, 2.05) is 6.92 Å². The summed E-state index contributed by atoms with van der Waals surface area (Å²) in [5, 5.41) is 2.88. The second-order valence-corrected chi connectivity index (χ2v) is 5.48. The summed E-state index contributed by atoms with van der Waals surface area (Å²) in [5.41, 5.74) is 0. The Morgan fingerprint density at radius 3 is 2.50 bits per heavy atom. The zero-order valence-electron chi connectivity index (χ0n) is 12.1. The lowest BCUT2D eigenvalue weighted by Gasteiger charge is -2.35. The van der Waals surface area contributed by atoms with Crippen LogP contribution in [0.25, 0.3) is 0 Å². The molecule has 1 atom stereocenters. The summed E-state index contributed by atoms with van der Waals surface area (Å²) in [7, 11) is 0. The lowest BCUT2D eigenvalue weighted by molar-refractivity contribution is 0.126. The van der Waals surface area contributed by atoms with Gasteiger partial charge in [0.25, 0.3) is 0 Å². The molecule has 1 saturated heterocycles. The third-order valence-corrected chi connectivity index (χ3v) is 3.41. The van der Waals surface area contributed by atoms with Gasteiger partial charge in [0.05, 0.1) is 6.61 Å². The van der Waals surface area contributed by atoms with Crippen molar-refractivity contribution in [2.24, 2.45) is 5.92 Å². The molecule has 4 heteroatoms. The molecule has 0 spiro atoms. The number of hydrogen-bond donors (Lipinski definition) is 1. The van der Waals surface area contributed by atoms with E-state index in [0.29, 0.717) is 25.1 Å². The molecule has 0 aromatic rings. The van der Waals surface area contributed by atoms with Crippen molar-refractivity contribution in [3.05, 3.63) is 0 Å². The van der Waals surface area contributed by atoms with E-state index in [-0.39, 0.29) is 6.09 Å². The number of nitrogens with one attached hydrogen (secondary N) is 1. The van der Waals surface area contributed by atoms with Gasteiger partial charge in [0, 0.05) is 12.6 Å². The van der Waals surface area contributed by atoms with Gasteiger partial charge in [0.1, 0.15) is 0 Å². The number of carbonyl (C=O) groups excluding carboxylic acids is 1. The topological polar surface area (TPSA) is 41.6 Å². The minimum atomic E-state index is -0.289. The van der Waals surface area contributed by atoms with Crippen molar-refractivity contribution >= 4 is 6.09 Å². The molecule has 1 rings (SSSR count). The number of hydrogen-bond acceptors (Lipinski definition) is 3. The number of carbonyl (C=O) groups is 1. The molecule has 106 valence electrons. The van der Waals surface area contributed by atoms with Crippen LogP contribution in [0.3, 0.4) is 0 Å². The molecule has 18 heavy (non-hydrogen) atoms. The number of ether oxygens (including phenoxy) is 1. The van der Waals surface area contributed by atoms with E-state index in [4.69, 9.17) is 4.74 Å². The normalized spacial score (nSPS) is 18.7. The van der Waals surface area contributed by atoms with Crippen molar-refractivity contribution in [2.75, 3.05) is 26.2 Å². The van der Waals surface area contributed by atoms with Crippen molar-refractivity contribution in [1.29, 1.82) is 0 Å². The second kappa shape index (κ2) is 8.35. The molecule has 1 unspecified atom stereocenters. The summed E-state index contributed by atoms with van der Waals surface area (Å²) in [5.74, 6) is 0.654. The number of rotatable bonds is 6. The summed E-state index contributed by atoms with van der Waals surface area (Å²) in [6.07, 6.45) is 4.76. The van der Waals surface area contributed by atoms with Gasteiger partial charge in [-0.15, -0.1) is 0 Å². The van der Waals surface area contributed by atoms with Crippen molar-refractivity contribution in [3.63, 3.8) is 0 Å². The van der Waals surface area contributed by atoms with Gasteiger partial charge >= 0.3 is 6.09 Å². The highest BCUT2D eigenvalue weighted by Gasteiger charge is 2.22. The van der Waals surface area contributed by atoms with Crippen LogP contribution in [0.5, 0.6) is 0 Å². The molecular formula is C14H28N2O2. The highest BCUT2D eigenvalue weighted by Crippen LogP contribution is 2.17. The van der Waals surface area contributed by atoms with E-state index in [1.165, 1.54) is 32.4 Å². The summed E-state index contributed by atoms with van der Waals surface area (Å²) >= 11 is 0. The first-order chi connectivity index (χ1) is 8.63. The first-order valence-electron chi connectivity index (χ1n) is 7.28. The molecular weight excluding hydrogens is 228 g/mol. The number of piperidine rings is 1. The van der Waals surface area contributed by atoms with Crippen LogP contribution in [0.1, 0.15) is 46.5 Å². The van der Waals surface area contributed by atoms with Gasteiger partial charge in [-0.2, -0.15) is 0 Å². The molecule has 0 aromatic heterocycles. The highest BCUT2D eigenvalue weighted by atomic mass is 16.5. The van der Waals surface area contributed by atoms with Gasteiger partial charge in [-0.25, -0.2) is 4.79 Å². The number of alkyl carbamates (subject to hydrolysis) is 1. The molecule has 0 saturated carbocycles. The fourth-order valence-corrected chi connectivity index (χ4v) is 2.57. The Bertz CT molecular complexity index is 238. The second-order valence-electron chi connectivity index (χ2n) is 5.48. The summed E-state index contributed by atoms with van der Waals surface area (Å²) in [4.78, 5) is 13.9. The minimum absolute atomic E-state index is 0.289. The van der Waals surface area contributed by atoms with E-state index in [0.717, 1.165) is 6.42 Å². The van der Waals surface area contributed by atoms with Crippen LogP contribution >= 0.6 is 0 Å². The fourth-order valence-electron chi connectivity index (χ4n) is 2.57. The van der Waals surface area contributed by atoms with Gasteiger partial charge in [0.15, 0.2) is 0 Å². The Morgan fingerprint density at radius 1 is 1.28 bits per heavy atom. The third-order valence-electron chi connectivity index (χ3n) is 3.41. The molecule has 0 aromatic carbocycles. The molecule has 1 aliphatic rings. The minimum Gasteiger partial charge on any atom is -0.450 e. The monoisotopic (exact) mass is 256 g/mol. The summed E-state index contributed by atoms with van der Waals surface area (Å²) in [6, 6.07) is 0.453. The molecule has 1 amide bonds. The number of amides is 1. The first kappa shape index (κ1) is 15.3. The first-order valence-corrected chi connectivity index (χ1v) is 7.28. The Morgan fingerprint density at radius 2 is 1.94 bits per heavy atom. The van der Waals surface area contributed by atoms with E-state index >= 15 is 0 Å². The Hall–Kier alpha value is -0.770. The van der Waals surface area contributed by atoms with Crippen LogP contribution in [0.15, 0.2) is 0 Å². The highest BCUT2D eigenvalue weighted by molar-refractivity contribution is 5.67. The SMILES string of the molecule is CCOC(=O)NCC(CC(C)C)N1CCCCC1. The fraction of sp³-hybridized carbons (Fsp3) is 0.929. The van der Waals surface area contributed by atoms with Crippen molar-refractivity contribution < 1.29 is 9.53 Å². The Kier molecular flexibility index (Phi) is 7.09. The third kappa shape index (κ3) is 5.71. The Labute approximate surface area is 111 Å². The molecule has 1 heterocycles. The number of likely N-dealkylation sites (tertiary alicyclic amines) is 1. The smallest absolute Gasteiger partial charge is 0.407 e. The maximum absolute atomic E-state index is 11.4. The molecule has 1 aliphatic heterocycles. The number of nitrogens with zero attached hydrogens (tertiary/aromatic N) is 1. The van der Waals surface area contributed by atoms with E-state index in [9.17, 15) is 4.79 Å². The van der Waals surface area contributed by atoms with Crippen LogP contribution in [0.4, 0.5) is 4.79 Å². The van der Waals surface area contributed by atoms with Crippen LogP contribution in [-0.2, 0) is 4.74 Å². The standard InChI is InChI=1S/C14H28N2O2/c1-4-18-14(17)15-11-13(10-12(2)3)16-8-6-5-7-9-16/h12-13H,4-11H2,1-3H3,(H,15,17). The predicted molar refractivity (Wildman–Crippen MR) is 73.7 cm³/mol. The van der Waals surface area contributed by atoms with E-state index < -0.39 is 0 Å². The van der Waals surface area contributed by atoms with Crippen molar-refractivity contribution in [3.8, 4) is 0 Å². The quantitative estimate of drug-likeness (QED) is 0.794. The maximum Gasteiger partial charge on any atom is 0.407 e. The van der Waals surface area contributed by atoms with Gasteiger partial charge < -0.3 is 10.1 Å². The van der Waals surface area contributed by atoms with Gasteiger partial charge in [-0.1, -0.05) is 20.3 Å². The molecule has 0 radical (unpaired) electrons. The zero-order valence-corrected chi connectivity index (χ0v) is 12.1. The van der Waals surface area contributed by atoms with Crippen LogP contribution in [0, 0.1) is 5.92 Å². The van der Waals surface area contributed by atoms with Crippen LogP contribution in [-0.4, -0.2) is 43.3 Å². The van der Waals surface area contributed by atoms with Crippen LogP contribution < -0.4 is 5.32 Å². The molecule has 4 nitrogen and oxygen atoms in total. The summed E-state index contributed by atoms with van der Waals surface area (Å²) < 4.78 is 4.92. The largest absolute Gasteiger partial charge is 0.450 e. The average Bonchev–Trinajstić information content (AvgIpc) is 2.35. The lowest BCUT2D eigenvalue weighted by atomic mass is 10.00. The predicted octanol–water partition coefficient (Wildman–Crippen LogP) is 2.63. The summed E-state index contributed by atoms with van der Waals surface area (Å²) in [6.45, 7) is 9.78. The van der Waals surface area contributed by atoms with Crippen molar-refractivity contribution in [1.82, 2.24) is 10.2 Å². The molecule has 0 bridgehead atoms. The lowest BCUT2D eigenvalue weighted by Crippen LogP contribution is -2.46. The zero-order chi connectivity index (χ0) is 13.4. The van der Waals surface area contributed by atoms with E-state index in [2.05, 4.69) is 24.1 Å². The van der Waals surface area contributed by atoms with Gasteiger partial charge in [-0.05, 0) is 45.2 Å². The average molecular weight is 256 g/mol.